The number of carbonyl (C=O) groups excluding carboxylic acids is 1. The van der Waals surface area contributed by atoms with Crippen molar-refractivity contribution in [1.82, 2.24) is 24.5 Å². The molecule has 144 valence electrons. The predicted molar refractivity (Wildman–Crippen MR) is 109 cm³/mol. The Morgan fingerprint density at radius 2 is 2.00 bits per heavy atom. The molecule has 0 saturated carbocycles. The Morgan fingerprint density at radius 1 is 1.21 bits per heavy atom. The van der Waals surface area contributed by atoms with Crippen LogP contribution in [0.4, 0.5) is 5.69 Å². The van der Waals surface area contributed by atoms with E-state index in [1.807, 2.05) is 31.4 Å². The number of carbonyl (C=O) groups is 1. The van der Waals surface area contributed by atoms with E-state index in [4.69, 9.17) is 11.6 Å². The Bertz CT molecular complexity index is 1310. The molecule has 8 nitrogen and oxygen atoms in total. The maximum Gasteiger partial charge on any atom is 0.274 e. The summed E-state index contributed by atoms with van der Waals surface area (Å²) in [5.41, 5.74) is 3.96. The number of fused-ring (bicyclic) bond motifs is 1. The van der Waals surface area contributed by atoms with Gasteiger partial charge < -0.3 is 5.32 Å². The molecule has 0 atom stereocenters. The first-order chi connectivity index (χ1) is 13.9. The summed E-state index contributed by atoms with van der Waals surface area (Å²) >= 11 is 6.07. The third-order valence-corrected chi connectivity index (χ3v) is 5.07. The minimum absolute atomic E-state index is 0.0193. The van der Waals surface area contributed by atoms with Gasteiger partial charge in [0.1, 0.15) is 22.6 Å². The lowest BCUT2D eigenvalue weighted by Gasteiger charge is -2.11. The Balaban J connectivity index is 1.70. The van der Waals surface area contributed by atoms with Crippen molar-refractivity contribution in [3.63, 3.8) is 0 Å². The van der Waals surface area contributed by atoms with Gasteiger partial charge in [-0.05, 0) is 43.2 Å². The first-order valence-electron chi connectivity index (χ1n) is 8.74. The number of nitrogens with zero attached hydrogens (tertiary/aromatic N) is 6. The van der Waals surface area contributed by atoms with Crippen LogP contribution in [0.3, 0.4) is 0 Å². The molecule has 0 spiro atoms. The second-order valence-electron chi connectivity index (χ2n) is 6.64. The average Bonchev–Trinajstić information content (AvgIpc) is 3.30. The summed E-state index contributed by atoms with van der Waals surface area (Å²) in [6, 6.07) is 7.52. The quantitative estimate of drug-likeness (QED) is 0.525. The Hall–Kier alpha value is -3.70. The lowest BCUT2D eigenvalue weighted by atomic mass is 10.0. The summed E-state index contributed by atoms with van der Waals surface area (Å²) in [6.45, 7) is 3.49. The van der Waals surface area contributed by atoms with Crippen LogP contribution < -0.4 is 5.32 Å². The molecule has 0 unspecified atom stereocenters. The van der Waals surface area contributed by atoms with Crippen LogP contribution in [0.2, 0.25) is 5.15 Å². The van der Waals surface area contributed by atoms with Crippen LogP contribution in [0.1, 0.15) is 27.2 Å². The van der Waals surface area contributed by atoms with Gasteiger partial charge in [-0.3, -0.25) is 9.48 Å². The highest BCUT2D eigenvalue weighted by atomic mass is 35.5. The van der Waals surface area contributed by atoms with Gasteiger partial charge in [0.2, 0.25) is 0 Å². The fourth-order valence-corrected chi connectivity index (χ4v) is 3.39. The molecule has 4 aromatic rings. The summed E-state index contributed by atoms with van der Waals surface area (Å²) in [5, 5.41) is 21.6. The maximum atomic E-state index is 12.8. The van der Waals surface area contributed by atoms with E-state index in [0.29, 0.717) is 16.8 Å². The number of halogens is 1. The summed E-state index contributed by atoms with van der Waals surface area (Å²) in [6.07, 6.45) is 5.32. The molecule has 3 aromatic heterocycles. The minimum Gasteiger partial charge on any atom is -0.321 e. The zero-order valence-corrected chi connectivity index (χ0v) is 16.7. The highest BCUT2D eigenvalue weighted by Gasteiger charge is 2.19. The van der Waals surface area contributed by atoms with Crippen molar-refractivity contribution in [2.45, 2.75) is 13.8 Å². The molecule has 0 bridgehead atoms. The van der Waals surface area contributed by atoms with E-state index < -0.39 is 5.91 Å². The Kier molecular flexibility index (Phi) is 4.53. The van der Waals surface area contributed by atoms with Crippen LogP contribution in [0.25, 0.3) is 16.6 Å². The smallest absolute Gasteiger partial charge is 0.274 e. The third-order valence-electron chi connectivity index (χ3n) is 4.80. The Labute approximate surface area is 171 Å². The molecule has 9 heteroatoms. The van der Waals surface area contributed by atoms with Crippen LogP contribution in [-0.2, 0) is 7.05 Å². The number of hydrogen-bond donors (Lipinski definition) is 1. The summed E-state index contributed by atoms with van der Waals surface area (Å²) in [7, 11) is 1.83. The van der Waals surface area contributed by atoms with E-state index in [-0.39, 0.29) is 16.4 Å². The summed E-state index contributed by atoms with van der Waals surface area (Å²) < 4.78 is 3.45. The number of aryl methyl sites for hydroxylation is 1. The number of nitriles is 1. The second kappa shape index (κ2) is 7.04. The maximum absolute atomic E-state index is 12.8. The van der Waals surface area contributed by atoms with Crippen LogP contribution in [0.15, 0.2) is 36.8 Å². The molecular formula is C20H16ClN7O. The van der Waals surface area contributed by atoms with Crippen molar-refractivity contribution in [2.75, 3.05) is 5.32 Å². The lowest BCUT2D eigenvalue weighted by Crippen LogP contribution is -2.17. The molecule has 29 heavy (non-hydrogen) atoms. The second-order valence-corrected chi connectivity index (χ2v) is 7.00. The molecule has 1 amide bonds. The number of anilines is 1. The molecule has 3 heterocycles. The number of nitrogens with one attached hydrogen (secondary N) is 1. The van der Waals surface area contributed by atoms with Crippen molar-refractivity contribution in [3.8, 4) is 11.8 Å². The van der Waals surface area contributed by atoms with Gasteiger partial charge in [-0.1, -0.05) is 11.6 Å². The van der Waals surface area contributed by atoms with Crippen molar-refractivity contribution < 1.29 is 4.79 Å². The van der Waals surface area contributed by atoms with Gasteiger partial charge in [-0.2, -0.15) is 15.5 Å². The van der Waals surface area contributed by atoms with Crippen molar-refractivity contribution in [1.29, 1.82) is 5.26 Å². The molecule has 1 N–H and O–H groups in total. The SMILES string of the molecule is Cc1c(C(=O)Nc2ccc3cnn(-c4cnn(C)c4)c3c2)nc(Cl)c(C#N)c1C. The fourth-order valence-electron chi connectivity index (χ4n) is 3.12. The van der Waals surface area contributed by atoms with Crippen molar-refractivity contribution >= 4 is 34.1 Å². The number of amides is 1. The molecule has 0 aliphatic carbocycles. The van der Waals surface area contributed by atoms with Crippen LogP contribution in [0, 0.1) is 25.2 Å². The fraction of sp³-hybridized carbons (Fsp3) is 0.150. The molecule has 0 aliphatic heterocycles. The van der Waals surface area contributed by atoms with Gasteiger partial charge in [0.15, 0.2) is 0 Å². The van der Waals surface area contributed by atoms with Gasteiger partial charge in [0, 0.05) is 18.1 Å². The van der Waals surface area contributed by atoms with Gasteiger partial charge in [0.05, 0.1) is 29.7 Å². The van der Waals surface area contributed by atoms with Gasteiger partial charge in [-0.15, -0.1) is 0 Å². The van der Waals surface area contributed by atoms with Crippen LogP contribution in [-0.4, -0.2) is 30.5 Å². The van der Waals surface area contributed by atoms with E-state index in [9.17, 15) is 10.1 Å². The zero-order valence-electron chi connectivity index (χ0n) is 15.9. The van der Waals surface area contributed by atoms with E-state index in [1.54, 1.807) is 41.7 Å². The van der Waals surface area contributed by atoms with Gasteiger partial charge in [-0.25, -0.2) is 9.67 Å². The van der Waals surface area contributed by atoms with Crippen LogP contribution >= 0.6 is 11.6 Å². The minimum atomic E-state index is -0.399. The number of benzene rings is 1. The van der Waals surface area contributed by atoms with Crippen molar-refractivity contribution in [3.05, 3.63) is 64.3 Å². The zero-order chi connectivity index (χ0) is 20.7. The van der Waals surface area contributed by atoms with E-state index in [1.165, 1.54) is 0 Å². The normalized spacial score (nSPS) is 10.9. The van der Waals surface area contributed by atoms with Crippen molar-refractivity contribution in [2.24, 2.45) is 7.05 Å². The third kappa shape index (κ3) is 3.22. The van der Waals surface area contributed by atoms with E-state index in [2.05, 4.69) is 20.5 Å². The van der Waals surface area contributed by atoms with E-state index in [0.717, 1.165) is 16.6 Å². The average molecular weight is 406 g/mol. The molecule has 0 aliphatic rings. The largest absolute Gasteiger partial charge is 0.321 e. The molecule has 0 fully saturated rings. The number of aromatic nitrogens is 5. The Morgan fingerprint density at radius 3 is 2.69 bits per heavy atom. The highest BCUT2D eigenvalue weighted by molar-refractivity contribution is 6.31. The molecule has 1 aromatic carbocycles. The highest BCUT2D eigenvalue weighted by Crippen LogP contribution is 2.25. The predicted octanol–water partition coefficient (Wildman–Crippen LogP) is 3.55. The topological polar surface area (TPSA) is 101 Å². The van der Waals surface area contributed by atoms with E-state index >= 15 is 0 Å². The molecular weight excluding hydrogens is 390 g/mol. The molecule has 4 rings (SSSR count). The monoisotopic (exact) mass is 405 g/mol. The van der Waals surface area contributed by atoms with Crippen LogP contribution in [0.5, 0.6) is 0 Å². The number of pyridine rings is 1. The summed E-state index contributed by atoms with van der Waals surface area (Å²) in [4.78, 5) is 16.9. The first kappa shape index (κ1) is 18.7. The lowest BCUT2D eigenvalue weighted by molar-refractivity contribution is 0.102. The number of hydrogen-bond acceptors (Lipinski definition) is 5. The molecule has 0 saturated heterocycles. The first-order valence-corrected chi connectivity index (χ1v) is 9.11. The summed E-state index contributed by atoms with van der Waals surface area (Å²) in [5.74, 6) is -0.399. The molecule has 0 radical (unpaired) electrons. The number of rotatable bonds is 3. The van der Waals surface area contributed by atoms with Gasteiger partial charge >= 0.3 is 0 Å². The standard InChI is InChI=1S/C20H16ClN7O/c1-11-12(2)18(26-19(21)16(11)7-22)20(29)25-14-5-4-13-8-24-28(17(13)6-14)15-9-23-27(3)10-15/h4-6,8-10H,1-3H3,(H,25,29). The van der Waals surface area contributed by atoms with Gasteiger partial charge in [0.25, 0.3) is 5.91 Å².